The Bertz CT molecular complexity index is 518. The first-order chi connectivity index (χ1) is 7.59. The summed E-state index contributed by atoms with van der Waals surface area (Å²) < 4.78 is 0. The Morgan fingerprint density at radius 3 is 2.81 bits per heavy atom. The number of nitrogens with one attached hydrogen (secondary N) is 1. The number of nitro groups is 1. The van der Waals surface area contributed by atoms with Crippen molar-refractivity contribution >= 4 is 17.0 Å². The molecule has 84 valence electrons. The summed E-state index contributed by atoms with van der Waals surface area (Å²) >= 11 is 1.33. The highest BCUT2D eigenvalue weighted by molar-refractivity contribution is 7.14. The average molecular weight is 239 g/mol. The maximum Gasteiger partial charge on any atom is 0.317 e. The fourth-order valence-corrected chi connectivity index (χ4v) is 1.99. The highest BCUT2D eigenvalue weighted by Crippen LogP contribution is 2.31. The van der Waals surface area contributed by atoms with Crippen LogP contribution in [-0.4, -0.2) is 25.3 Å². The van der Waals surface area contributed by atoms with Crippen molar-refractivity contribution in [3.8, 4) is 10.7 Å². The van der Waals surface area contributed by atoms with Gasteiger partial charge in [0, 0.05) is 5.92 Å². The van der Waals surface area contributed by atoms with Gasteiger partial charge in [-0.05, 0) is 0 Å². The van der Waals surface area contributed by atoms with Crippen molar-refractivity contribution in [3.05, 3.63) is 21.3 Å². The second-order valence-electron chi connectivity index (χ2n) is 3.49. The van der Waals surface area contributed by atoms with Crippen molar-refractivity contribution in [3.63, 3.8) is 0 Å². The van der Waals surface area contributed by atoms with Crippen LogP contribution in [0.2, 0.25) is 0 Å². The predicted octanol–water partition coefficient (Wildman–Crippen LogP) is 1.96. The summed E-state index contributed by atoms with van der Waals surface area (Å²) in [4.78, 5) is 10.2. The fraction of sp³-hybridized carbons (Fsp3) is 0.375. The molecule has 0 aliphatic carbocycles. The van der Waals surface area contributed by atoms with Crippen LogP contribution < -0.4 is 0 Å². The minimum absolute atomic E-state index is 0.0774. The molecule has 2 aromatic rings. The zero-order valence-electron chi connectivity index (χ0n) is 8.67. The van der Waals surface area contributed by atoms with E-state index < -0.39 is 4.92 Å². The molecule has 0 amide bonds. The van der Waals surface area contributed by atoms with Crippen LogP contribution in [0.15, 0.2) is 6.20 Å². The van der Waals surface area contributed by atoms with Crippen LogP contribution in [0.25, 0.3) is 10.7 Å². The molecular formula is C8H9N5O2S. The van der Waals surface area contributed by atoms with Gasteiger partial charge in [-0.15, -0.1) is 10.2 Å². The molecule has 0 aromatic carbocycles. The zero-order valence-corrected chi connectivity index (χ0v) is 9.48. The Kier molecular flexibility index (Phi) is 2.65. The van der Waals surface area contributed by atoms with Crippen LogP contribution in [0.5, 0.6) is 0 Å². The van der Waals surface area contributed by atoms with E-state index in [0.29, 0.717) is 10.7 Å². The number of aromatic nitrogens is 4. The molecule has 0 aliphatic rings. The molecule has 0 fully saturated rings. The lowest BCUT2D eigenvalue weighted by Gasteiger charge is -1.93. The van der Waals surface area contributed by atoms with E-state index in [0.717, 1.165) is 5.01 Å². The van der Waals surface area contributed by atoms with Gasteiger partial charge in [0.1, 0.15) is 11.2 Å². The van der Waals surface area contributed by atoms with Crippen LogP contribution in [0.3, 0.4) is 0 Å². The number of H-pyrrole nitrogens is 1. The first kappa shape index (κ1) is 10.7. The Hall–Kier alpha value is -1.83. The van der Waals surface area contributed by atoms with Crippen molar-refractivity contribution in [2.75, 3.05) is 0 Å². The summed E-state index contributed by atoms with van der Waals surface area (Å²) in [5, 5.41) is 26.1. The number of hydrogen-bond acceptors (Lipinski definition) is 6. The Morgan fingerprint density at radius 2 is 2.25 bits per heavy atom. The van der Waals surface area contributed by atoms with Crippen molar-refractivity contribution in [1.82, 2.24) is 20.4 Å². The Labute approximate surface area is 94.7 Å². The first-order valence-electron chi connectivity index (χ1n) is 4.61. The summed E-state index contributed by atoms with van der Waals surface area (Å²) in [7, 11) is 0. The molecule has 0 radical (unpaired) electrons. The van der Waals surface area contributed by atoms with E-state index in [1.54, 1.807) is 0 Å². The molecule has 2 aromatic heterocycles. The van der Waals surface area contributed by atoms with E-state index in [4.69, 9.17) is 0 Å². The van der Waals surface area contributed by atoms with Crippen LogP contribution in [0, 0.1) is 10.1 Å². The van der Waals surface area contributed by atoms with Gasteiger partial charge in [-0.2, -0.15) is 5.10 Å². The third-order valence-corrected chi connectivity index (χ3v) is 3.21. The van der Waals surface area contributed by atoms with Crippen LogP contribution in [-0.2, 0) is 0 Å². The van der Waals surface area contributed by atoms with Gasteiger partial charge in [-0.1, -0.05) is 25.2 Å². The molecule has 2 heterocycles. The summed E-state index contributed by atoms with van der Waals surface area (Å²) in [6.07, 6.45) is 1.17. The zero-order chi connectivity index (χ0) is 11.7. The monoisotopic (exact) mass is 239 g/mol. The van der Waals surface area contributed by atoms with E-state index in [-0.39, 0.29) is 11.6 Å². The lowest BCUT2D eigenvalue weighted by molar-refractivity contribution is -0.384. The molecule has 0 unspecified atom stereocenters. The Balaban J connectivity index is 2.42. The van der Waals surface area contributed by atoms with Gasteiger partial charge in [0.2, 0.25) is 0 Å². The quantitative estimate of drug-likeness (QED) is 0.652. The third kappa shape index (κ3) is 1.78. The Morgan fingerprint density at radius 1 is 1.50 bits per heavy atom. The van der Waals surface area contributed by atoms with Crippen LogP contribution >= 0.6 is 11.3 Å². The third-order valence-electron chi connectivity index (χ3n) is 1.96. The second-order valence-corrected chi connectivity index (χ2v) is 4.50. The van der Waals surface area contributed by atoms with Gasteiger partial charge in [0.15, 0.2) is 10.7 Å². The lowest BCUT2D eigenvalue weighted by atomic mass is 10.2. The number of rotatable bonds is 3. The molecule has 0 spiro atoms. The van der Waals surface area contributed by atoms with E-state index in [1.165, 1.54) is 17.5 Å². The van der Waals surface area contributed by atoms with Gasteiger partial charge in [0.05, 0.1) is 4.92 Å². The van der Waals surface area contributed by atoms with Gasteiger partial charge >= 0.3 is 5.69 Å². The standard InChI is InChI=1S/C8H9N5O2S/c1-4(2)7-11-12-8(16-7)6-5(13(14)15)3-9-10-6/h3-4H,1-2H3,(H,9,10). The summed E-state index contributed by atoms with van der Waals surface area (Å²) in [6.45, 7) is 3.98. The number of nitrogens with zero attached hydrogens (tertiary/aromatic N) is 4. The summed E-state index contributed by atoms with van der Waals surface area (Å²) in [5.74, 6) is 0.258. The smallest absolute Gasteiger partial charge is 0.269 e. The van der Waals surface area contributed by atoms with E-state index in [1.807, 2.05) is 13.8 Å². The number of aromatic amines is 1. The molecule has 8 heteroatoms. The van der Waals surface area contributed by atoms with Crippen molar-refractivity contribution in [2.24, 2.45) is 0 Å². The van der Waals surface area contributed by atoms with Crippen molar-refractivity contribution in [1.29, 1.82) is 0 Å². The van der Waals surface area contributed by atoms with Crippen LogP contribution in [0.4, 0.5) is 5.69 Å². The van der Waals surface area contributed by atoms with E-state index >= 15 is 0 Å². The highest BCUT2D eigenvalue weighted by atomic mass is 32.1. The summed E-state index contributed by atoms with van der Waals surface area (Å²) in [6, 6.07) is 0. The maximum atomic E-state index is 10.7. The lowest BCUT2D eigenvalue weighted by Crippen LogP contribution is -1.88. The SMILES string of the molecule is CC(C)c1nnc(-c2[nH]ncc2[N+](=O)[O-])s1. The maximum absolute atomic E-state index is 10.7. The topological polar surface area (TPSA) is 97.6 Å². The van der Waals surface area contributed by atoms with E-state index in [2.05, 4.69) is 20.4 Å². The predicted molar refractivity (Wildman–Crippen MR) is 58.2 cm³/mol. The molecule has 0 aliphatic heterocycles. The van der Waals surface area contributed by atoms with Gasteiger partial charge in [-0.3, -0.25) is 15.2 Å². The van der Waals surface area contributed by atoms with Crippen molar-refractivity contribution in [2.45, 2.75) is 19.8 Å². The van der Waals surface area contributed by atoms with Crippen molar-refractivity contribution < 1.29 is 4.92 Å². The van der Waals surface area contributed by atoms with Gasteiger partial charge in [-0.25, -0.2) is 0 Å². The average Bonchev–Trinajstić information content (AvgIpc) is 2.86. The molecule has 2 rings (SSSR count). The molecule has 1 N–H and O–H groups in total. The first-order valence-corrected chi connectivity index (χ1v) is 5.42. The van der Waals surface area contributed by atoms with E-state index in [9.17, 15) is 10.1 Å². The van der Waals surface area contributed by atoms with Gasteiger partial charge in [0.25, 0.3) is 0 Å². The highest BCUT2D eigenvalue weighted by Gasteiger charge is 2.21. The fourth-order valence-electron chi connectivity index (χ4n) is 1.14. The molecule has 7 nitrogen and oxygen atoms in total. The minimum atomic E-state index is -0.491. The molecule has 16 heavy (non-hydrogen) atoms. The second kappa shape index (κ2) is 3.97. The molecule has 0 saturated heterocycles. The normalized spacial score (nSPS) is 10.9. The molecule has 0 saturated carbocycles. The van der Waals surface area contributed by atoms with Crippen LogP contribution in [0.1, 0.15) is 24.8 Å². The minimum Gasteiger partial charge on any atom is -0.269 e. The number of hydrogen-bond donors (Lipinski definition) is 1. The molecule has 0 atom stereocenters. The van der Waals surface area contributed by atoms with Gasteiger partial charge < -0.3 is 0 Å². The molecular weight excluding hydrogens is 230 g/mol. The molecule has 0 bridgehead atoms. The summed E-state index contributed by atoms with van der Waals surface area (Å²) in [5.41, 5.74) is 0.237. The largest absolute Gasteiger partial charge is 0.317 e.